The molecule has 1 atom stereocenters. The number of rotatable bonds is 5. The minimum Gasteiger partial charge on any atom is -0.335 e. The molecule has 0 aromatic carbocycles. The molecule has 2 nitrogen and oxygen atoms in total. The van der Waals surface area contributed by atoms with Crippen LogP contribution in [0.2, 0.25) is 39.3 Å². The summed E-state index contributed by atoms with van der Waals surface area (Å²) in [5, 5.41) is 0. The monoisotopic (exact) mass is 244 g/mol. The Morgan fingerprint density at radius 2 is 1.60 bits per heavy atom. The van der Waals surface area contributed by atoms with Crippen molar-refractivity contribution in [1.82, 2.24) is 4.98 Å². The van der Waals surface area contributed by atoms with E-state index in [0.29, 0.717) is 6.04 Å². The topological polar surface area (TPSA) is 24.4 Å². The van der Waals surface area contributed by atoms with E-state index in [1.165, 1.54) is 5.71 Å². The molecule has 15 heavy (non-hydrogen) atoms. The van der Waals surface area contributed by atoms with Gasteiger partial charge in [0.05, 0.1) is 0 Å². The Morgan fingerprint density at radius 3 is 1.93 bits per heavy atom. The SMILES string of the molecule is CC(CC(C)N[Si](C)(C)C)=N[Si](C)(C)C. The zero-order valence-electron chi connectivity index (χ0n) is 11.7. The van der Waals surface area contributed by atoms with Crippen molar-refractivity contribution in [3.63, 3.8) is 0 Å². The van der Waals surface area contributed by atoms with Gasteiger partial charge in [0.25, 0.3) is 0 Å². The quantitative estimate of drug-likeness (QED) is 0.581. The Hall–Kier alpha value is 0.0638. The lowest BCUT2D eigenvalue weighted by molar-refractivity contribution is 0.692. The van der Waals surface area contributed by atoms with Gasteiger partial charge in [0.1, 0.15) is 8.24 Å². The molecular formula is C11H28N2Si2. The third kappa shape index (κ3) is 10.3. The Bertz CT molecular complexity index is 224. The van der Waals surface area contributed by atoms with Gasteiger partial charge >= 0.3 is 0 Å². The molecule has 0 aliphatic heterocycles. The van der Waals surface area contributed by atoms with Crippen molar-refractivity contribution in [3.05, 3.63) is 0 Å². The average Bonchev–Trinajstić information content (AvgIpc) is 1.73. The van der Waals surface area contributed by atoms with Gasteiger partial charge in [-0.05, 0) is 38.7 Å². The zero-order chi connectivity index (χ0) is 12.3. The van der Waals surface area contributed by atoms with Crippen molar-refractivity contribution in [3.8, 4) is 0 Å². The Balaban J connectivity index is 4.19. The second-order valence-corrected chi connectivity index (χ2v) is 15.9. The van der Waals surface area contributed by atoms with Crippen LogP contribution in [-0.4, -0.2) is 28.2 Å². The van der Waals surface area contributed by atoms with E-state index in [9.17, 15) is 0 Å². The summed E-state index contributed by atoms with van der Waals surface area (Å²) in [4.78, 5) is 3.71. The van der Waals surface area contributed by atoms with E-state index < -0.39 is 16.5 Å². The number of hydrogen-bond donors (Lipinski definition) is 1. The first-order valence-electron chi connectivity index (χ1n) is 5.83. The van der Waals surface area contributed by atoms with Crippen molar-refractivity contribution in [2.75, 3.05) is 0 Å². The van der Waals surface area contributed by atoms with Crippen molar-refractivity contribution in [2.24, 2.45) is 4.66 Å². The summed E-state index contributed by atoms with van der Waals surface area (Å²) in [5.74, 6) is 0. The van der Waals surface area contributed by atoms with E-state index in [1.54, 1.807) is 0 Å². The predicted molar refractivity (Wildman–Crippen MR) is 77.0 cm³/mol. The van der Waals surface area contributed by atoms with Crippen LogP contribution in [0.15, 0.2) is 4.66 Å². The van der Waals surface area contributed by atoms with E-state index in [4.69, 9.17) is 4.66 Å². The third-order valence-electron chi connectivity index (χ3n) is 1.81. The van der Waals surface area contributed by atoms with Crippen LogP contribution in [0.4, 0.5) is 0 Å². The molecule has 0 saturated heterocycles. The van der Waals surface area contributed by atoms with Gasteiger partial charge in [-0.2, -0.15) is 0 Å². The standard InChI is InChI=1S/C11H28N2Si2/c1-10(12-14(3,4)5)9-11(2)13-15(6,7)8/h10,12H,9H2,1-8H3. The maximum absolute atomic E-state index is 4.81. The van der Waals surface area contributed by atoms with Crippen LogP contribution >= 0.6 is 0 Å². The second kappa shape index (κ2) is 5.41. The molecule has 0 radical (unpaired) electrons. The van der Waals surface area contributed by atoms with Crippen LogP contribution in [0.5, 0.6) is 0 Å². The minimum atomic E-state index is -1.27. The van der Waals surface area contributed by atoms with Crippen LogP contribution in [0, 0.1) is 0 Å². The molecule has 0 heterocycles. The molecule has 0 aliphatic carbocycles. The van der Waals surface area contributed by atoms with E-state index in [2.05, 4.69) is 58.1 Å². The van der Waals surface area contributed by atoms with E-state index in [1.807, 2.05) is 0 Å². The summed E-state index contributed by atoms with van der Waals surface area (Å²) in [6, 6.07) is 0.566. The first-order valence-corrected chi connectivity index (χ1v) is 12.8. The number of nitrogens with zero attached hydrogens (tertiary/aromatic N) is 1. The van der Waals surface area contributed by atoms with Gasteiger partial charge in [-0.1, -0.05) is 26.6 Å². The third-order valence-corrected chi connectivity index (χ3v) is 4.22. The predicted octanol–water partition coefficient (Wildman–Crippen LogP) is 3.49. The summed E-state index contributed by atoms with van der Waals surface area (Å²) in [6.07, 6.45) is 1.09. The summed E-state index contributed by atoms with van der Waals surface area (Å²) in [7, 11) is -2.41. The highest BCUT2D eigenvalue weighted by molar-refractivity contribution is 6.75. The fourth-order valence-electron chi connectivity index (χ4n) is 1.85. The molecule has 0 aromatic rings. The van der Waals surface area contributed by atoms with Crippen LogP contribution in [-0.2, 0) is 0 Å². The summed E-state index contributed by atoms with van der Waals surface area (Å²) in [5.41, 5.74) is 1.31. The number of nitrogens with one attached hydrogen (secondary N) is 1. The molecule has 0 rings (SSSR count). The highest BCUT2D eigenvalue weighted by atomic mass is 28.3. The lowest BCUT2D eigenvalue weighted by atomic mass is 10.2. The maximum Gasteiger partial charge on any atom is 0.172 e. The Morgan fingerprint density at radius 1 is 1.13 bits per heavy atom. The zero-order valence-corrected chi connectivity index (χ0v) is 13.7. The molecule has 1 N–H and O–H groups in total. The van der Waals surface area contributed by atoms with Crippen LogP contribution in [0.1, 0.15) is 20.3 Å². The molecule has 0 fully saturated rings. The molecule has 0 aliphatic rings. The lowest BCUT2D eigenvalue weighted by Gasteiger charge is -2.24. The summed E-state index contributed by atoms with van der Waals surface area (Å²) < 4.78 is 4.81. The van der Waals surface area contributed by atoms with Crippen LogP contribution < -0.4 is 4.98 Å². The molecule has 1 unspecified atom stereocenters. The van der Waals surface area contributed by atoms with Gasteiger partial charge in [-0.3, -0.25) is 0 Å². The van der Waals surface area contributed by atoms with E-state index in [-0.39, 0.29) is 0 Å². The highest BCUT2D eigenvalue weighted by Crippen LogP contribution is 2.06. The average molecular weight is 245 g/mol. The van der Waals surface area contributed by atoms with Gasteiger partial charge in [0, 0.05) is 6.04 Å². The molecule has 0 bridgehead atoms. The fraction of sp³-hybridized carbons (Fsp3) is 0.909. The second-order valence-electron chi connectivity index (χ2n) is 6.52. The Kier molecular flexibility index (Phi) is 5.43. The number of hydrogen-bond acceptors (Lipinski definition) is 2. The Labute approximate surface area is 97.8 Å². The molecule has 90 valence electrons. The first-order chi connectivity index (χ1) is 6.49. The first kappa shape index (κ1) is 15.1. The molecule has 0 amide bonds. The van der Waals surface area contributed by atoms with Gasteiger partial charge < -0.3 is 9.64 Å². The molecule has 0 saturated carbocycles. The van der Waals surface area contributed by atoms with Crippen molar-refractivity contribution < 1.29 is 0 Å². The largest absolute Gasteiger partial charge is 0.335 e. The normalized spacial score (nSPS) is 16.7. The molecule has 0 aromatic heterocycles. The fourth-order valence-corrected chi connectivity index (χ4v) is 4.67. The smallest absolute Gasteiger partial charge is 0.172 e. The lowest BCUT2D eigenvalue weighted by Crippen LogP contribution is -2.47. The molecular weight excluding hydrogens is 216 g/mol. The minimum absolute atomic E-state index is 0.566. The van der Waals surface area contributed by atoms with Crippen molar-refractivity contribution in [1.29, 1.82) is 0 Å². The van der Waals surface area contributed by atoms with Crippen LogP contribution in [0.3, 0.4) is 0 Å². The van der Waals surface area contributed by atoms with Gasteiger partial charge in [0.2, 0.25) is 0 Å². The maximum atomic E-state index is 4.81. The van der Waals surface area contributed by atoms with E-state index in [0.717, 1.165) is 6.42 Å². The van der Waals surface area contributed by atoms with E-state index >= 15 is 0 Å². The summed E-state index contributed by atoms with van der Waals surface area (Å²) in [6.45, 7) is 18.3. The van der Waals surface area contributed by atoms with Crippen molar-refractivity contribution >= 4 is 22.2 Å². The highest BCUT2D eigenvalue weighted by Gasteiger charge is 2.17. The molecule has 4 heteroatoms. The molecule has 0 spiro atoms. The van der Waals surface area contributed by atoms with Crippen LogP contribution in [0.25, 0.3) is 0 Å². The van der Waals surface area contributed by atoms with Gasteiger partial charge in [0.15, 0.2) is 8.24 Å². The summed E-state index contributed by atoms with van der Waals surface area (Å²) >= 11 is 0. The van der Waals surface area contributed by atoms with Gasteiger partial charge in [-0.25, -0.2) is 0 Å². The van der Waals surface area contributed by atoms with Crippen molar-refractivity contribution in [2.45, 2.75) is 65.6 Å². The van der Waals surface area contributed by atoms with Gasteiger partial charge in [-0.15, -0.1) is 0 Å².